The highest BCUT2D eigenvalue weighted by atomic mass is 19.2. The number of carboxylic acid groups (broad SMARTS) is 1. The van der Waals surface area contributed by atoms with Gasteiger partial charge in [0.1, 0.15) is 0 Å². The van der Waals surface area contributed by atoms with Crippen LogP contribution < -0.4 is 0 Å². The Morgan fingerprint density at radius 3 is 2.44 bits per heavy atom. The Kier molecular flexibility index (Phi) is 3.55. The van der Waals surface area contributed by atoms with Gasteiger partial charge < -0.3 is 9.84 Å². The molecule has 0 unspecified atom stereocenters. The predicted molar refractivity (Wildman–Crippen MR) is 49.0 cm³/mol. The van der Waals surface area contributed by atoms with Gasteiger partial charge >= 0.3 is 11.9 Å². The van der Waals surface area contributed by atoms with E-state index in [0.29, 0.717) is 0 Å². The Labute approximate surface area is 89.5 Å². The topological polar surface area (TPSA) is 63.6 Å². The summed E-state index contributed by atoms with van der Waals surface area (Å²) in [6.45, 7) is 0. The van der Waals surface area contributed by atoms with Gasteiger partial charge in [0.25, 0.3) is 0 Å². The van der Waals surface area contributed by atoms with Crippen LogP contribution in [-0.4, -0.2) is 24.2 Å². The Morgan fingerprint density at radius 2 is 1.94 bits per heavy atom. The van der Waals surface area contributed by atoms with Crippen molar-refractivity contribution >= 4 is 11.9 Å². The average molecular weight is 230 g/mol. The molecular formula is C10H8F2O4. The molecule has 0 saturated carbocycles. The van der Waals surface area contributed by atoms with Crippen molar-refractivity contribution in [1.82, 2.24) is 0 Å². The van der Waals surface area contributed by atoms with Crippen LogP contribution in [0.25, 0.3) is 0 Å². The van der Waals surface area contributed by atoms with Gasteiger partial charge in [0.2, 0.25) is 0 Å². The zero-order valence-electron chi connectivity index (χ0n) is 8.29. The number of rotatable bonds is 3. The molecule has 0 bridgehead atoms. The second-order valence-electron chi connectivity index (χ2n) is 2.96. The molecule has 16 heavy (non-hydrogen) atoms. The first-order valence-corrected chi connectivity index (χ1v) is 4.24. The van der Waals surface area contributed by atoms with Crippen molar-refractivity contribution in [3.63, 3.8) is 0 Å². The maximum atomic E-state index is 13.3. The largest absolute Gasteiger partial charge is 0.481 e. The van der Waals surface area contributed by atoms with E-state index < -0.39 is 35.6 Å². The van der Waals surface area contributed by atoms with E-state index in [4.69, 9.17) is 5.11 Å². The molecule has 4 nitrogen and oxygen atoms in total. The highest BCUT2D eigenvalue weighted by molar-refractivity contribution is 5.89. The van der Waals surface area contributed by atoms with Crippen molar-refractivity contribution in [1.29, 1.82) is 0 Å². The number of ether oxygens (including phenoxy) is 1. The quantitative estimate of drug-likeness (QED) is 0.796. The van der Waals surface area contributed by atoms with Crippen LogP contribution in [0, 0.1) is 11.6 Å². The van der Waals surface area contributed by atoms with Gasteiger partial charge in [-0.25, -0.2) is 13.6 Å². The lowest BCUT2D eigenvalue weighted by molar-refractivity contribution is -0.136. The molecule has 0 spiro atoms. The van der Waals surface area contributed by atoms with Crippen molar-refractivity contribution in [2.75, 3.05) is 7.11 Å². The second-order valence-corrected chi connectivity index (χ2v) is 2.96. The monoisotopic (exact) mass is 230 g/mol. The molecule has 0 atom stereocenters. The van der Waals surface area contributed by atoms with Gasteiger partial charge in [-0.15, -0.1) is 0 Å². The van der Waals surface area contributed by atoms with Gasteiger partial charge in [-0.2, -0.15) is 0 Å². The third-order valence-corrected chi connectivity index (χ3v) is 1.91. The fourth-order valence-corrected chi connectivity index (χ4v) is 1.16. The number of methoxy groups -OCH3 is 1. The number of esters is 1. The summed E-state index contributed by atoms with van der Waals surface area (Å²) in [5.74, 6) is -5.04. The number of carbonyl (C=O) groups excluding carboxylic acids is 1. The number of benzene rings is 1. The van der Waals surface area contributed by atoms with Crippen LogP contribution in [-0.2, 0) is 16.0 Å². The summed E-state index contributed by atoms with van der Waals surface area (Å²) >= 11 is 0. The smallest absolute Gasteiger partial charge is 0.340 e. The van der Waals surface area contributed by atoms with E-state index in [9.17, 15) is 18.4 Å². The van der Waals surface area contributed by atoms with E-state index in [0.717, 1.165) is 19.2 Å². The highest BCUT2D eigenvalue weighted by Crippen LogP contribution is 2.17. The van der Waals surface area contributed by atoms with Crippen LogP contribution in [0.4, 0.5) is 8.78 Å². The van der Waals surface area contributed by atoms with Crippen molar-refractivity contribution in [2.45, 2.75) is 6.42 Å². The molecule has 0 heterocycles. The molecule has 0 aliphatic rings. The predicted octanol–water partition coefficient (Wildman–Crippen LogP) is 1.38. The Hall–Kier alpha value is -1.98. The Bertz CT molecular complexity index is 443. The normalized spacial score (nSPS) is 9.94. The number of carboxylic acids is 1. The first kappa shape index (κ1) is 12.1. The lowest BCUT2D eigenvalue weighted by Gasteiger charge is -2.05. The van der Waals surface area contributed by atoms with Crippen LogP contribution in [0.15, 0.2) is 12.1 Å². The summed E-state index contributed by atoms with van der Waals surface area (Å²) < 4.78 is 30.8. The summed E-state index contributed by atoms with van der Waals surface area (Å²) in [5, 5.41) is 8.43. The number of hydrogen-bond acceptors (Lipinski definition) is 3. The van der Waals surface area contributed by atoms with Gasteiger partial charge in [-0.3, -0.25) is 4.79 Å². The number of carbonyl (C=O) groups is 2. The number of aliphatic carboxylic acids is 1. The van der Waals surface area contributed by atoms with Crippen molar-refractivity contribution < 1.29 is 28.2 Å². The van der Waals surface area contributed by atoms with Crippen LogP contribution in [0.1, 0.15) is 15.9 Å². The molecule has 1 aromatic rings. The molecule has 0 saturated heterocycles. The first-order valence-electron chi connectivity index (χ1n) is 4.24. The molecule has 0 amide bonds. The maximum absolute atomic E-state index is 13.3. The average Bonchev–Trinajstić information content (AvgIpc) is 2.23. The molecule has 1 aromatic carbocycles. The number of hydrogen-bond donors (Lipinski definition) is 1. The molecule has 0 aromatic heterocycles. The minimum Gasteiger partial charge on any atom is -0.481 e. The molecule has 86 valence electrons. The van der Waals surface area contributed by atoms with Crippen molar-refractivity contribution in [3.8, 4) is 0 Å². The second kappa shape index (κ2) is 4.69. The lowest BCUT2D eigenvalue weighted by Crippen LogP contribution is -2.10. The van der Waals surface area contributed by atoms with E-state index in [1.54, 1.807) is 0 Å². The molecule has 0 aliphatic carbocycles. The molecule has 0 fully saturated rings. The zero-order chi connectivity index (χ0) is 12.3. The summed E-state index contributed by atoms with van der Waals surface area (Å²) in [6.07, 6.45) is -0.649. The van der Waals surface area contributed by atoms with Gasteiger partial charge in [-0.05, 0) is 6.07 Å². The first-order chi connectivity index (χ1) is 7.47. The Morgan fingerprint density at radius 1 is 1.31 bits per heavy atom. The minimum absolute atomic E-state index is 0.322. The maximum Gasteiger partial charge on any atom is 0.340 e. The van der Waals surface area contributed by atoms with Gasteiger partial charge in [0.05, 0.1) is 19.1 Å². The molecular weight excluding hydrogens is 222 g/mol. The zero-order valence-corrected chi connectivity index (χ0v) is 8.29. The third-order valence-electron chi connectivity index (χ3n) is 1.91. The van der Waals surface area contributed by atoms with Crippen LogP contribution in [0.5, 0.6) is 0 Å². The van der Waals surface area contributed by atoms with Gasteiger partial charge in [0.15, 0.2) is 11.6 Å². The van der Waals surface area contributed by atoms with Gasteiger partial charge in [0, 0.05) is 5.56 Å². The van der Waals surface area contributed by atoms with Gasteiger partial charge in [-0.1, -0.05) is 6.07 Å². The van der Waals surface area contributed by atoms with Crippen LogP contribution in [0.2, 0.25) is 0 Å². The fourth-order valence-electron chi connectivity index (χ4n) is 1.16. The van der Waals surface area contributed by atoms with Crippen LogP contribution >= 0.6 is 0 Å². The lowest BCUT2D eigenvalue weighted by atomic mass is 10.1. The van der Waals surface area contributed by atoms with E-state index in [-0.39, 0.29) is 5.56 Å². The van der Waals surface area contributed by atoms with E-state index in [2.05, 4.69) is 4.74 Å². The van der Waals surface area contributed by atoms with Crippen molar-refractivity contribution in [2.24, 2.45) is 0 Å². The summed E-state index contributed by atoms with van der Waals surface area (Å²) in [5.41, 5.74) is -0.883. The van der Waals surface area contributed by atoms with E-state index >= 15 is 0 Å². The standard InChI is InChI=1S/C10H8F2O4/c1-16-10(15)6-3-2-5(4-7(13)14)8(11)9(6)12/h2-3H,4H2,1H3,(H,13,14). The molecule has 1 rings (SSSR count). The number of halogens is 2. The fraction of sp³-hybridized carbons (Fsp3) is 0.200. The minimum atomic E-state index is -1.40. The SMILES string of the molecule is COC(=O)c1ccc(CC(=O)O)c(F)c1F. The van der Waals surface area contributed by atoms with Crippen molar-refractivity contribution in [3.05, 3.63) is 34.9 Å². The Balaban J connectivity index is 3.17. The van der Waals surface area contributed by atoms with E-state index in [1.165, 1.54) is 0 Å². The van der Waals surface area contributed by atoms with Crippen LogP contribution in [0.3, 0.4) is 0 Å². The molecule has 0 aliphatic heterocycles. The third kappa shape index (κ3) is 2.33. The summed E-state index contributed by atoms with van der Waals surface area (Å²) in [4.78, 5) is 21.3. The molecule has 0 radical (unpaired) electrons. The summed E-state index contributed by atoms with van der Waals surface area (Å²) in [7, 11) is 1.03. The highest BCUT2D eigenvalue weighted by Gasteiger charge is 2.19. The molecule has 6 heteroatoms. The summed E-state index contributed by atoms with van der Waals surface area (Å²) in [6, 6.07) is 2.03. The molecule has 1 N–H and O–H groups in total. The van der Waals surface area contributed by atoms with E-state index in [1.807, 2.05) is 0 Å².